The summed E-state index contributed by atoms with van der Waals surface area (Å²) in [5.41, 5.74) is 8.39. The van der Waals surface area contributed by atoms with Gasteiger partial charge in [-0.2, -0.15) is 8.42 Å². The van der Waals surface area contributed by atoms with E-state index in [0.29, 0.717) is 49.0 Å². The van der Waals surface area contributed by atoms with E-state index < -0.39 is 15.9 Å². The number of carbonyl (C=O) groups excluding carboxylic acids is 1. The van der Waals surface area contributed by atoms with Crippen molar-refractivity contribution in [1.29, 1.82) is 0 Å². The molecular formula is C29H37N5O4S. The number of benzene rings is 1. The van der Waals surface area contributed by atoms with Gasteiger partial charge in [-0.1, -0.05) is 33.8 Å². The number of ether oxygens (including phenoxy) is 1. The van der Waals surface area contributed by atoms with Gasteiger partial charge in [0.25, 0.3) is 15.9 Å². The molecule has 10 heteroatoms. The van der Waals surface area contributed by atoms with Crippen LogP contribution in [0.15, 0.2) is 53.6 Å². The summed E-state index contributed by atoms with van der Waals surface area (Å²) < 4.78 is 34.0. The molecule has 1 amide bonds. The van der Waals surface area contributed by atoms with Crippen molar-refractivity contribution in [3.8, 4) is 17.0 Å². The van der Waals surface area contributed by atoms with Gasteiger partial charge in [0, 0.05) is 18.7 Å². The fraction of sp³-hybridized carbons (Fsp3) is 0.414. The molecule has 1 aliphatic heterocycles. The number of hydrogen-bond donors (Lipinski definition) is 2. The van der Waals surface area contributed by atoms with Crippen molar-refractivity contribution in [3.05, 3.63) is 59.7 Å². The van der Waals surface area contributed by atoms with E-state index in [1.807, 2.05) is 25.1 Å². The molecular weight excluding hydrogens is 514 g/mol. The fourth-order valence-corrected chi connectivity index (χ4v) is 5.48. The smallest absolute Gasteiger partial charge is 0.281 e. The number of nitrogen functional groups attached to an aromatic ring is 1. The molecule has 3 aromatic rings. The molecule has 0 radical (unpaired) electrons. The molecule has 2 unspecified atom stereocenters. The Balaban J connectivity index is 1.72. The average molecular weight is 552 g/mol. The molecule has 3 N–H and O–H groups in total. The number of amides is 1. The molecule has 0 saturated carbocycles. The number of nitrogens with two attached hydrogens (primary N) is 1. The van der Waals surface area contributed by atoms with Crippen LogP contribution in [-0.2, 0) is 10.0 Å². The Morgan fingerprint density at radius 1 is 1.13 bits per heavy atom. The van der Waals surface area contributed by atoms with Crippen molar-refractivity contribution in [3.63, 3.8) is 0 Å². The first kappa shape index (κ1) is 28.4. The number of pyridine rings is 2. The van der Waals surface area contributed by atoms with Gasteiger partial charge in [-0.3, -0.25) is 4.79 Å². The summed E-state index contributed by atoms with van der Waals surface area (Å²) in [5, 5.41) is -0.323. The number of piperidine rings is 1. The molecule has 208 valence electrons. The van der Waals surface area contributed by atoms with E-state index in [-0.39, 0.29) is 16.4 Å². The molecule has 0 aliphatic carbocycles. The predicted molar refractivity (Wildman–Crippen MR) is 153 cm³/mol. The number of carbonyl (C=O) groups is 1. The molecule has 0 spiro atoms. The van der Waals surface area contributed by atoms with Gasteiger partial charge in [0.05, 0.1) is 17.9 Å². The van der Waals surface area contributed by atoms with Crippen LogP contribution in [-0.4, -0.2) is 44.0 Å². The molecule has 2 aromatic heterocycles. The summed E-state index contributed by atoms with van der Waals surface area (Å²) in [6.45, 7) is 12.6. The van der Waals surface area contributed by atoms with E-state index in [2.05, 4.69) is 42.3 Å². The molecule has 1 fully saturated rings. The molecule has 3 heterocycles. The number of hydrogen-bond acceptors (Lipinski definition) is 8. The Bertz CT molecular complexity index is 1460. The first-order chi connectivity index (χ1) is 18.4. The summed E-state index contributed by atoms with van der Waals surface area (Å²) in [5.74, 6) is 1.78. The van der Waals surface area contributed by atoms with Gasteiger partial charge in [0.1, 0.15) is 17.4 Å². The zero-order valence-corrected chi connectivity index (χ0v) is 24.0. The summed E-state index contributed by atoms with van der Waals surface area (Å²) in [7, 11) is -4.24. The third kappa shape index (κ3) is 6.86. The Morgan fingerprint density at radius 2 is 1.90 bits per heavy atom. The maximum absolute atomic E-state index is 13.4. The molecule has 39 heavy (non-hydrogen) atoms. The minimum atomic E-state index is -4.24. The highest BCUT2D eigenvalue weighted by Crippen LogP contribution is 2.32. The van der Waals surface area contributed by atoms with Crippen molar-refractivity contribution < 1.29 is 17.9 Å². The van der Waals surface area contributed by atoms with Crippen LogP contribution in [0, 0.1) is 24.7 Å². The largest absolute Gasteiger partial charge is 0.493 e. The van der Waals surface area contributed by atoms with Crippen LogP contribution in [0.2, 0.25) is 0 Å². The lowest BCUT2D eigenvalue weighted by atomic mass is 9.88. The average Bonchev–Trinajstić information content (AvgIpc) is 2.88. The monoisotopic (exact) mass is 551 g/mol. The van der Waals surface area contributed by atoms with Crippen molar-refractivity contribution in [2.75, 3.05) is 30.3 Å². The first-order valence-corrected chi connectivity index (χ1v) is 14.7. The maximum Gasteiger partial charge on any atom is 0.281 e. The molecule has 4 rings (SSSR count). The van der Waals surface area contributed by atoms with Crippen LogP contribution < -0.4 is 20.1 Å². The number of anilines is 2. The van der Waals surface area contributed by atoms with Crippen molar-refractivity contribution in [2.24, 2.45) is 17.8 Å². The normalized spacial score (nSPS) is 17.7. The van der Waals surface area contributed by atoms with Crippen LogP contribution >= 0.6 is 0 Å². The Labute approximate surface area is 230 Å². The molecule has 1 aromatic carbocycles. The maximum atomic E-state index is 13.4. The summed E-state index contributed by atoms with van der Waals surface area (Å²) in [6.07, 6.45) is 0.942. The Kier molecular flexibility index (Phi) is 8.44. The highest BCUT2D eigenvalue weighted by Gasteiger charge is 2.29. The molecule has 1 aliphatic rings. The second-order valence-corrected chi connectivity index (χ2v) is 12.5. The van der Waals surface area contributed by atoms with Gasteiger partial charge in [-0.25, -0.2) is 14.7 Å². The van der Waals surface area contributed by atoms with E-state index in [0.717, 1.165) is 23.3 Å². The lowest BCUT2D eigenvalue weighted by Crippen LogP contribution is -2.40. The highest BCUT2D eigenvalue weighted by molar-refractivity contribution is 7.90. The molecule has 2 atom stereocenters. The number of aromatic nitrogens is 2. The standard InChI is InChI=1S/C29H37N5O4S/c1-18(2)17-38-23-14-19(3)13-22(15-23)25-10-9-24(28(31-25)34-12-11-20(4)21(5)16-34)29(35)33-39(36,37)27-8-6-7-26(30)32-27/h6-10,13-15,18,20-21H,11-12,16-17H2,1-5H3,(H2,30,32)(H,33,35). The van der Waals surface area contributed by atoms with Gasteiger partial charge in [-0.05, 0) is 79.1 Å². The Morgan fingerprint density at radius 3 is 2.59 bits per heavy atom. The minimum Gasteiger partial charge on any atom is -0.493 e. The minimum absolute atomic E-state index is 0.0448. The third-order valence-electron chi connectivity index (χ3n) is 6.93. The van der Waals surface area contributed by atoms with Crippen LogP contribution in [0.4, 0.5) is 11.6 Å². The van der Waals surface area contributed by atoms with Crippen LogP contribution in [0.25, 0.3) is 11.3 Å². The highest BCUT2D eigenvalue weighted by atomic mass is 32.2. The second-order valence-electron chi connectivity index (χ2n) is 10.8. The first-order valence-electron chi connectivity index (χ1n) is 13.2. The van der Waals surface area contributed by atoms with Gasteiger partial charge >= 0.3 is 0 Å². The summed E-state index contributed by atoms with van der Waals surface area (Å²) in [4.78, 5) is 24.2. The van der Waals surface area contributed by atoms with E-state index in [4.69, 9.17) is 15.5 Å². The van der Waals surface area contributed by atoms with Gasteiger partial charge in [0.15, 0.2) is 5.03 Å². The third-order valence-corrected chi connectivity index (χ3v) is 8.16. The van der Waals surface area contributed by atoms with E-state index >= 15 is 0 Å². The quantitative estimate of drug-likeness (QED) is 0.413. The van der Waals surface area contributed by atoms with E-state index in [9.17, 15) is 13.2 Å². The van der Waals surface area contributed by atoms with E-state index in [1.165, 1.54) is 18.2 Å². The molecule has 0 bridgehead atoms. The van der Waals surface area contributed by atoms with Gasteiger partial charge in [0.2, 0.25) is 0 Å². The van der Waals surface area contributed by atoms with Crippen LogP contribution in [0.1, 0.15) is 50.0 Å². The number of aryl methyl sites for hydroxylation is 1. The van der Waals surface area contributed by atoms with Crippen molar-refractivity contribution in [1.82, 2.24) is 14.7 Å². The summed E-state index contributed by atoms with van der Waals surface area (Å²) >= 11 is 0. The molecule has 1 saturated heterocycles. The van der Waals surface area contributed by atoms with Gasteiger partial charge < -0.3 is 15.4 Å². The number of sulfonamides is 1. The second kappa shape index (κ2) is 11.6. The zero-order valence-electron chi connectivity index (χ0n) is 23.1. The van der Waals surface area contributed by atoms with Gasteiger partial charge in [-0.15, -0.1) is 0 Å². The number of nitrogens with zero attached hydrogens (tertiary/aromatic N) is 3. The lowest BCUT2D eigenvalue weighted by Gasteiger charge is -2.37. The lowest BCUT2D eigenvalue weighted by molar-refractivity contribution is 0.0981. The fourth-order valence-electron chi connectivity index (χ4n) is 4.53. The molecule has 9 nitrogen and oxygen atoms in total. The number of nitrogens with one attached hydrogen (secondary N) is 1. The number of rotatable bonds is 8. The zero-order chi connectivity index (χ0) is 28.3. The van der Waals surface area contributed by atoms with Crippen LogP contribution in [0.3, 0.4) is 0 Å². The SMILES string of the molecule is Cc1cc(OCC(C)C)cc(-c2ccc(C(=O)NS(=O)(=O)c3cccc(N)n3)c(N3CCC(C)C(C)C3)n2)c1. The predicted octanol–water partition coefficient (Wildman–Crippen LogP) is 4.67. The van der Waals surface area contributed by atoms with Crippen molar-refractivity contribution >= 4 is 27.6 Å². The topological polar surface area (TPSA) is 128 Å². The van der Waals surface area contributed by atoms with Crippen LogP contribution in [0.5, 0.6) is 5.75 Å². The summed E-state index contributed by atoms with van der Waals surface area (Å²) in [6, 6.07) is 13.6. The Hall–Kier alpha value is -3.66. The van der Waals surface area contributed by atoms with Crippen molar-refractivity contribution in [2.45, 2.75) is 46.1 Å². The van der Waals surface area contributed by atoms with E-state index in [1.54, 1.807) is 12.1 Å².